The van der Waals surface area contributed by atoms with Crippen molar-refractivity contribution in [2.75, 3.05) is 0 Å². The van der Waals surface area contributed by atoms with Gasteiger partial charge >= 0.3 is 0 Å². The first-order valence-corrected chi connectivity index (χ1v) is 3.83. The van der Waals surface area contributed by atoms with Crippen molar-refractivity contribution in [3.63, 3.8) is 0 Å². The molecule has 2 rings (SSSR count). The van der Waals surface area contributed by atoms with Crippen LogP contribution in [0.4, 0.5) is 0 Å². The Kier molecular flexibility index (Phi) is 1.55. The van der Waals surface area contributed by atoms with E-state index in [0.29, 0.717) is 5.39 Å². The summed E-state index contributed by atoms with van der Waals surface area (Å²) in [5.41, 5.74) is -0.201. The van der Waals surface area contributed by atoms with Crippen LogP contribution in [0.1, 0.15) is 0 Å². The maximum absolute atomic E-state index is 11.5. The van der Waals surface area contributed by atoms with Gasteiger partial charge in [-0.25, -0.2) is 4.68 Å². The van der Waals surface area contributed by atoms with Crippen molar-refractivity contribution in [3.05, 3.63) is 34.7 Å². The van der Waals surface area contributed by atoms with E-state index in [1.807, 2.05) is 0 Å². The summed E-state index contributed by atoms with van der Waals surface area (Å²) in [6.07, 6.45) is 1.59. The molecule has 0 aliphatic heterocycles. The van der Waals surface area contributed by atoms with Crippen molar-refractivity contribution < 1.29 is 5.11 Å². The van der Waals surface area contributed by atoms with Crippen LogP contribution in [-0.4, -0.2) is 14.9 Å². The Hall–Kier alpha value is -1.84. The molecule has 1 N–H and O–H groups in total. The summed E-state index contributed by atoms with van der Waals surface area (Å²) in [6.45, 7) is 0. The summed E-state index contributed by atoms with van der Waals surface area (Å²) in [4.78, 5) is 11.5. The Labute approximate surface area is 74.1 Å². The molecule has 4 heteroatoms. The van der Waals surface area contributed by atoms with Crippen molar-refractivity contribution in [1.29, 1.82) is 0 Å². The van der Waals surface area contributed by atoms with Gasteiger partial charge in [0.05, 0.1) is 11.6 Å². The van der Waals surface area contributed by atoms with Crippen LogP contribution >= 0.6 is 0 Å². The summed E-state index contributed by atoms with van der Waals surface area (Å²) in [7, 11) is 1.58. The number of nitrogens with zero attached hydrogens (tertiary/aromatic N) is 2. The van der Waals surface area contributed by atoms with Crippen LogP contribution in [0, 0.1) is 0 Å². The molecule has 0 fully saturated rings. The highest BCUT2D eigenvalue weighted by Crippen LogP contribution is 2.14. The number of hydrogen-bond acceptors (Lipinski definition) is 3. The van der Waals surface area contributed by atoms with Gasteiger partial charge in [-0.1, -0.05) is 0 Å². The van der Waals surface area contributed by atoms with Crippen molar-refractivity contribution in [2.24, 2.45) is 7.05 Å². The number of aryl methyl sites for hydroxylation is 1. The maximum atomic E-state index is 11.5. The Morgan fingerprint density at radius 3 is 3.00 bits per heavy atom. The van der Waals surface area contributed by atoms with E-state index in [1.54, 1.807) is 19.3 Å². The fourth-order valence-corrected chi connectivity index (χ4v) is 1.22. The third-order valence-electron chi connectivity index (χ3n) is 1.93. The van der Waals surface area contributed by atoms with Gasteiger partial charge < -0.3 is 5.11 Å². The summed E-state index contributed by atoms with van der Waals surface area (Å²) in [5.74, 6) is 0.0933. The number of rotatable bonds is 0. The van der Waals surface area contributed by atoms with Gasteiger partial charge in [-0.3, -0.25) is 4.79 Å². The van der Waals surface area contributed by atoms with E-state index < -0.39 is 0 Å². The lowest BCUT2D eigenvalue weighted by Gasteiger charge is -1.99. The lowest BCUT2D eigenvalue weighted by atomic mass is 10.2. The number of fused-ring (bicyclic) bond motifs is 1. The van der Waals surface area contributed by atoms with Gasteiger partial charge in [0.2, 0.25) is 0 Å². The van der Waals surface area contributed by atoms with Crippen LogP contribution in [-0.2, 0) is 7.05 Å². The van der Waals surface area contributed by atoms with Crippen LogP contribution in [0.5, 0.6) is 5.75 Å². The lowest BCUT2D eigenvalue weighted by Crippen LogP contribution is -2.18. The first kappa shape index (κ1) is 7.79. The Bertz CT molecular complexity index is 511. The topological polar surface area (TPSA) is 55.1 Å². The quantitative estimate of drug-likeness (QED) is 0.640. The molecule has 0 unspecified atom stereocenters. The zero-order valence-corrected chi connectivity index (χ0v) is 7.06. The molecule has 0 amide bonds. The van der Waals surface area contributed by atoms with Gasteiger partial charge in [0, 0.05) is 12.4 Å². The first-order valence-electron chi connectivity index (χ1n) is 3.83. The normalized spacial score (nSPS) is 10.5. The molecule has 0 aliphatic rings. The van der Waals surface area contributed by atoms with Crippen molar-refractivity contribution in [2.45, 2.75) is 0 Å². The van der Waals surface area contributed by atoms with Gasteiger partial charge in [0.15, 0.2) is 0 Å². The van der Waals surface area contributed by atoms with E-state index >= 15 is 0 Å². The van der Waals surface area contributed by atoms with E-state index in [9.17, 15) is 9.90 Å². The van der Waals surface area contributed by atoms with Crippen LogP contribution in [0.15, 0.2) is 29.2 Å². The summed E-state index contributed by atoms with van der Waals surface area (Å²) in [6, 6.07) is 4.64. The molecule has 0 atom stereocenters. The fourth-order valence-electron chi connectivity index (χ4n) is 1.22. The van der Waals surface area contributed by atoms with Gasteiger partial charge in [0.25, 0.3) is 5.56 Å². The van der Waals surface area contributed by atoms with Crippen molar-refractivity contribution >= 4 is 10.8 Å². The van der Waals surface area contributed by atoms with Gasteiger partial charge in [-0.2, -0.15) is 5.10 Å². The minimum atomic E-state index is -0.201. The smallest absolute Gasteiger partial charge is 0.274 e. The molecule has 4 nitrogen and oxygen atoms in total. The van der Waals surface area contributed by atoms with Crippen LogP contribution in [0.3, 0.4) is 0 Å². The standard InChI is InChI=1S/C9H8N2O2/c1-11-9(13)8-4-7(12)3-2-6(8)5-10-11/h2-5,12H,1H3. The second kappa shape index (κ2) is 2.58. The van der Waals surface area contributed by atoms with E-state index in [2.05, 4.69) is 5.10 Å². The molecule has 0 saturated carbocycles. The molecule has 13 heavy (non-hydrogen) atoms. The van der Waals surface area contributed by atoms with Crippen LogP contribution in [0.2, 0.25) is 0 Å². The highest BCUT2D eigenvalue weighted by molar-refractivity contribution is 5.81. The Balaban J connectivity index is 2.97. The second-order valence-corrected chi connectivity index (χ2v) is 2.84. The maximum Gasteiger partial charge on any atom is 0.274 e. The Morgan fingerprint density at radius 2 is 2.23 bits per heavy atom. The summed E-state index contributed by atoms with van der Waals surface area (Å²) in [5, 5.41) is 14.3. The third-order valence-corrected chi connectivity index (χ3v) is 1.93. The van der Waals surface area contributed by atoms with Crippen LogP contribution in [0.25, 0.3) is 10.8 Å². The average Bonchev–Trinajstić information content (AvgIpc) is 2.12. The SMILES string of the molecule is Cn1ncc2ccc(O)cc2c1=O. The molecule has 0 spiro atoms. The average molecular weight is 176 g/mol. The van der Waals surface area contributed by atoms with E-state index in [4.69, 9.17) is 0 Å². The molecule has 66 valence electrons. The van der Waals surface area contributed by atoms with E-state index in [0.717, 1.165) is 5.39 Å². The van der Waals surface area contributed by atoms with E-state index in [-0.39, 0.29) is 11.3 Å². The zero-order valence-electron chi connectivity index (χ0n) is 7.06. The largest absolute Gasteiger partial charge is 0.508 e. The van der Waals surface area contributed by atoms with Gasteiger partial charge in [-0.05, 0) is 18.2 Å². The highest BCUT2D eigenvalue weighted by Gasteiger charge is 2.01. The number of phenols is 1. The third kappa shape index (κ3) is 1.16. The lowest BCUT2D eigenvalue weighted by molar-refractivity contribution is 0.476. The van der Waals surface area contributed by atoms with Crippen molar-refractivity contribution in [3.8, 4) is 5.75 Å². The van der Waals surface area contributed by atoms with Crippen molar-refractivity contribution in [1.82, 2.24) is 9.78 Å². The number of aromatic nitrogens is 2. The molecule has 0 bridgehead atoms. The monoisotopic (exact) mass is 176 g/mol. The van der Waals surface area contributed by atoms with E-state index in [1.165, 1.54) is 16.8 Å². The molecule has 2 aromatic rings. The number of hydrogen-bond donors (Lipinski definition) is 1. The number of benzene rings is 1. The summed E-state index contributed by atoms with van der Waals surface area (Å²) < 4.78 is 1.24. The van der Waals surface area contributed by atoms with Gasteiger partial charge in [0.1, 0.15) is 5.75 Å². The predicted molar refractivity (Wildman–Crippen MR) is 48.6 cm³/mol. The molecule has 1 heterocycles. The number of phenolic OH excluding ortho intramolecular Hbond substituents is 1. The molecular weight excluding hydrogens is 168 g/mol. The van der Waals surface area contributed by atoms with Crippen LogP contribution < -0.4 is 5.56 Å². The minimum Gasteiger partial charge on any atom is -0.508 e. The first-order chi connectivity index (χ1) is 6.18. The molecular formula is C9H8N2O2. The second-order valence-electron chi connectivity index (χ2n) is 2.84. The molecule has 0 aliphatic carbocycles. The number of aromatic hydroxyl groups is 1. The fraction of sp³-hybridized carbons (Fsp3) is 0.111. The molecule has 0 radical (unpaired) electrons. The van der Waals surface area contributed by atoms with Gasteiger partial charge in [-0.15, -0.1) is 0 Å². The molecule has 1 aromatic carbocycles. The zero-order chi connectivity index (χ0) is 9.42. The predicted octanol–water partition coefficient (Wildman–Crippen LogP) is 0.639. The highest BCUT2D eigenvalue weighted by atomic mass is 16.3. The Morgan fingerprint density at radius 1 is 1.46 bits per heavy atom. The minimum absolute atomic E-state index is 0.0933. The molecule has 1 aromatic heterocycles. The molecule has 0 saturated heterocycles. The summed E-state index contributed by atoms with van der Waals surface area (Å²) >= 11 is 0.